The van der Waals surface area contributed by atoms with Crippen LogP contribution in [0.2, 0.25) is 0 Å². The summed E-state index contributed by atoms with van der Waals surface area (Å²) in [6, 6.07) is 14.1. The second-order valence-electron chi connectivity index (χ2n) is 4.46. The van der Waals surface area contributed by atoms with E-state index in [2.05, 4.69) is 40.3 Å². The Hall–Kier alpha value is -1.68. The fourth-order valence-corrected chi connectivity index (χ4v) is 2.59. The number of ether oxygens (including phenoxy) is 2. The molecule has 0 amide bonds. The number of hydrogen-bond donors (Lipinski definition) is 1. The van der Waals surface area contributed by atoms with Gasteiger partial charge in [-0.25, -0.2) is 0 Å². The van der Waals surface area contributed by atoms with Crippen molar-refractivity contribution in [3.05, 3.63) is 52.5 Å². The molecule has 0 spiro atoms. The van der Waals surface area contributed by atoms with Gasteiger partial charge in [0, 0.05) is 6.04 Å². The Kier molecular flexibility index (Phi) is 4.90. The number of nitrogens with one attached hydrogen (secondary N) is 1. The van der Waals surface area contributed by atoms with Crippen LogP contribution in [0.1, 0.15) is 18.5 Å². The number of hydrogen-bond acceptors (Lipinski definition) is 3. The summed E-state index contributed by atoms with van der Waals surface area (Å²) in [5, 5.41) is 3.46. The zero-order valence-corrected chi connectivity index (χ0v) is 13.4. The highest BCUT2D eigenvalue weighted by Crippen LogP contribution is 2.31. The lowest BCUT2D eigenvalue weighted by Crippen LogP contribution is -2.07. The van der Waals surface area contributed by atoms with E-state index in [9.17, 15) is 0 Å². The summed E-state index contributed by atoms with van der Waals surface area (Å²) in [6.45, 7) is 2.11. The van der Waals surface area contributed by atoms with Crippen molar-refractivity contribution < 1.29 is 9.47 Å². The number of rotatable bonds is 5. The minimum atomic E-state index is 0.161. The van der Waals surface area contributed by atoms with Crippen molar-refractivity contribution in [1.82, 2.24) is 0 Å². The molecule has 4 heteroatoms. The lowest BCUT2D eigenvalue weighted by molar-refractivity contribution is 0.412. The third kappa shape index (κ3) is 3.25. The van der Waals surface area contributed by atoms with Crippen LogP contribution < -0.4 is 14.8 Å². The molecule has 1 atom stereocenters. The van der Waals surface area contributed by atoms with Crippen molar-refractivity contribution in [1.29, 1.82) is 0 Å². The summed E-state index contributed by atoms with van der Waals surface area (Å²) in [5.74, 6) is 1.67. The van der Waals surface area contributed by atoms with Crippen LogP contribution in [0, 0.1) is 0 Å². The van der Waals surface area contributed by atoms with Crippen LogP contribution >= 0.6 is 15.9 Å². The standard InChI is InChI=1S/C16H18BrNO2/c1-11(12-8-9-15(19-2)13(17)10-12)18-14-6-4-5-7-16(14)20-3/h4-11,18H,1-3H3. The number of para-hydroxylation sites is 2. The van der Waals surface area contributed by atoms with E-state index in [-0.39, 0.29) is 6.04 Å². The van der Waals surface area contributed by atoms with Crippen molar-refractivity contribution >= 4 is 21.6 Å². The van der Waals surface area contributed by atoms with Gasteiger partial charge in [-0.05, 0) is 52.7 Å². The molecule has 0 bridgehead atoms. The maximum Gasteiger partial charge on any atom is 0.141 e. The van der Waals surface area contributed by atoms with E-state index in [4.69, 9.17) is 9.47 Å². The SMILES string of the molecule is COc1ccc(C(C)Nc2ccccc2OC)cc1Br. The first-order chi connectivity index (χ1) is 9.65. The molecule has 0 heterocycles. The smallest absolute Gasteiger partial charge is 0.141 e. The van der Waals surface area contributed by atoms with Crippen LogP contribution in [0.3, 0.4) is 0 Å². The molecule has 0 radical (unpaired) electrons. The quantitative estimate of drug-likeness (QED) is 0.863. The van der Waals surface area contributed by atoms with Crippen LogP contribution in [0.4, 0.5) is 5.69 Å². The molecular formula is C16H18BrNO2. The van der Waals surface area contributed by atoms with Crippen LogP contribution in [-0.4, -0.2) is 14.2 Å². The van der Waals surface area contributed by atoms with Crippen LogP contribution in [-0.2, 0) is 0 Å². The predicted octanol–water partition coefficient (Wildman–Crippen LogP) is 4.64. The zero-order chi connectivity index (χ0) is 14.5. The summed E-state index contributed by atoms with van der Waals surface area (Å²) >= 11 is 3.51. The first-order valence-corrected chi connectivity index (χ1v) is 7.18. The van der Waals surface area contributed by atoms with Gasteiger partial charge >= 0.3 is 0 Å². The van der Waals surface area contributed by atoms with Crippen LogP contribution in [0.15, 0.2) is 46.9 Å². The number of benzene rings is 2. The predicted molar refractivity (Wildman–Crippen MR) is 85.7 cm³/mol. The Morgan fingerprint density at radius 2 is 1.70 bits per heavy atom. The van der Waals surface area contributed by atoms with Crippen LogP contribution in [0.25, 0.3) is 0 Å². The molecule has 1 unspecified atom stereocenters. The Labute approximate surface area is 128 Å². The summed E-state index contributed by atoms with van der Waals surface area (Å²) < 4.78 is 11.5. The maximum absolute atomic E-state index is 5.35. The number of methoxy groups -OCH3 is 2. The molecule has 0 saturated carbocycles. The van der Waals surface area contributed by atoms with Gasteiger partial charge in [-0.2, -0.15) is 0 Å². The molecule has 0 aliphatic rings. The van der Waals surface area contributed by atoms with E-state index in [1.165, 1.54) is 5.56 Å². The third-order valence-corrected chi connectivity index (χ3v) is 3.77. The average molecular weight is 336 g/mol. The Balaban J connectivity index is 2.19. The van der Waals surface area contributed by atoms with E-state index >= 15 is 0 Å². The summed E-state index contributed by atoms with van der Waals surface area (Å²) in [4.78, 5) is 0. The summed E-state index contributed by atoms with van der Waals surface area (Å²) in [5.41, 5.74) is 2.15. The van der Waals surface area contributed by atoms with Crippen molar-refractivity contribution in [3.63, 3.8) is 0 Å². The fraction of sp³-hybridized carbons (Fsp3) is 0.250. The largest absolute Gasteiger partial charge is 0.496 e. The van der Waals surface area contributed by atoms with Gasteiger partial charge in [0.05, 0.1) is 24.4 Å². The highest BCUT2D eigenvalue weighted by Gasteiger charge is 2.10. The highest BCUT2D eigenvalue weighted by atomic mass is 79.9. The molecule has 2 rings (SSSR count). The van der Waals surface area contributed by atoms with Crippen molar-refractivity contribution in [3.8, 4) is 11.5 Å². The normalized spacial score (nSPS) is 11.8. The summed E-state index contributed by atoms with van der Waals surface area (Å²) in [6.07, 6.45) is 0. The molecule has 106 valence electrons. The van der Waals surface area contributed by atoms with Crippen molar-refractivity contribution in [2.24, 2.45) is 0 Å². The van der Waals surface area contributed by atoms with E-state index in [1.54, 1.807) is 14.2 Å². The van der Waals surface area contributed by atoms with Gasteiger partial charge < -0.3 is 14.8 Å². The molecule has 3 nitrogen and oxygen atoms in total. The minimum Gasteiger partial charge on any atom is -0.496 e. The van der Waals surface area contributed by atoms with Gasteiger partial charge in [-0.15, -0.1) is 0 Å². The molecule has 1 N–H and O–H groups in total. The maximum atomic E-state index is 5.35. The topological polar surface area (TPSA) is 30.5 Å². The highest BCUT2D eigenvalue weighted by molar-refractivity contribution is 9.10. The molecule has 0 aliphatic carbocycles. The van der Waals surface area contributed by atoms with Crippen LogP contribution in [0.5, 0.6) is 11.5 Å². The second-order valence-corrected chi connectivity index (χ2v) is 5.31. The monoisotopic (exact) mass is 335 g/mol. The van der Waals surface area contributed by atoms with Gasteiger partial charge in [0.15, 0.2) is 0 Å². The fourth-order valence-electron chi connectivity index (χ4n) is 2.03. The van der Waals surface area contributed by atoms with Gasteiger partial charge in [-0.3, -0.25) is 0 Å². The summed E-state index contributed by atoms with van der Waals surface area (Å²) in [7, 11) is 3.34. The minimum absolute atomic E-state index is 0.161. The van der Waals surface area contributed by atoms with E-state index in [0.29, 0.717) is 0 Å². The number of halogens is 1. The third-order valence-electron chi connectivity index (χ3n) is 3.15. The van der Waals surface area contributed by atoms with Crippen molar-refractivity contribution in [2.45, 2.75) is 13.0 Å². The first-order valence-electron chi connectivity index (χ1n) is 6.38. The average Bonchev–Trinajstić information content (AvgIpc) is 2.47. The molecule has 2 aromatic rings. The van der Waals surface area contributed by atoms with Gasteiger partial charge in [0.25, 0.3) is 0 Å². The molecule has 0 aromatic heterocycles. The molecular weight excluding hydrogens is 318 g/mol. The van der Waals surface area contributed by atoms with Gasteiger partial charge in [0.1, 0.15) is 11.5 Å². The lowest BCUT2D eigenvalue weighted by atomic mass is 10.1. The molecule has 0 aliphatic heterocycles. The zero-order valence-electron chi connectivity index (χ0n) is 11.8. The molecule has 0 fully saturated rings. The number of anilines is 1. The molecule has 2 aromatic carbocycles. The first kappa shape index (κ1) is 14.7. The Morgan fingerprint density at radius 3 is 2.35 bits per heavy atom. The molecule has 20 heavy (non-hydrogen) atoms. The Bertz CT molecular complexity index is 586. The van der Waals surface area contributed by atoms with E-state index < -0.39 is 0 Å². The van der Waals surface area contributed by atoms with Crippen molar-refractivity contribution in [2.75, 3.05) is 19.5 Å². The molecule has 0 saturated heterocycles. The van der Waals surface area contributed by atoms with Gasteiger partial charge in [-0.1, -0.05) is 18.2 Å². The van der Waals surface area contributed by atoms with Gasteiger partial charge in [0.2, 0.25) is 0 Å². The van der Waals surface area contributed by atoms with E-state index in [1.807, 2.05) is 30.3 Å². The van der Waals surface area contributed by atoms with E-state index in [0.717, 1.165) is 21.7 Å². The Morgan fingerprint density at radius 1 is 1.00 bits per heavy atom. The lowest BCUT2D eigenvalue weighted by Gasteiger charge is -2.18. The second kappa shape index (κ2) is 6.66.